The molecule has 2 aliphatic heterocycles. The van der Waals surface area contributed by atoms with Gasteiger partial charge in [0.25, 0.3) is 0 Å². The predicted octanol–water partition coefficient (Wildman–Crippen LogP) is 5.62. The lowest BCUT2D eigenvalue weighted by Gasteiger charge is -2.48. The van der Waals surface area contributed by atoms with Gasteiger partial charge in [0.2, 0.25) is 10.0 Å². The number of fused-ring (bicyclic) bond motifs is 4. The van der Waals surface area contributed by atoms with E-state index in [9.17, 15) is 18.3 Å². The van der Waals surface area contributed by atoms with Gasteiger partial charge in [-0.2, -0.15) is 4.31 Å². The molecule has 0 saturated heterocycles. The first-order chi connectivity index (χ1) is 17.4. The fourth-order valence-corrected chi connectivity index (χ4v) is 7.49. The molecular formula is C28H28N2O5S. The van der Waals surface area contributed by atoms with Crippen LogP contribution in [0.4, 0.5) is 11.4 Å². The van der Waals surface area contributed by atoms with Gasteiger partial charge in [-0.25, -0.2) is 13.2 Å². The highest BCUT2D eigenvalue weighted by atomic mass is 32.2. The number of para-hydroxylation sites is 1. The van der Waals surface area contributed by atoms with Crippen LogP contribution < -0.4 is 9.64 Å². The minimum Gasteiger partial charge on any atom is -0.488 e. The molecule has 0 aromatic heterocycles. The molecule has 186 valence electrons. The fraction of sp³-hybridized carbons (Fsp3) is 0.321. The topological polar surface area (TPSA) is 87.2 Å². The molecule has 0 amide bonds. The van der Waals surface area contributed by atoms with Crippen molar-refractivity contribution >= 4 is 27.4 Å². The largest absolute Gasteiger partial charge is 0.488 e. The smallest absolute Gasteiger partial charge is 0.335 e. The van der Waals surface area contributed by atoms with Crippen LogP contribution in [0.1, 0.15) is 48.0 Å². The number of rotatable bonds is 3. The maximum atomic E-state index is 14.0. The quantitative estimate of drug-likeness (QED) is 0.498. The highest BCUT2D eigenvalue weighted by Crippen LogP contribution is 2.50. The van der Waals surface area contributed by atoms with Crippen LogP contribution in [0, 0.1) is 5.92 Å². The molecule has 7 nitrogen and oxygen atoms in total. The lowest BCUT2D eigenvalue weighted by atomic mass is 9.86. The zero-order chi connectivity index (χ0) is 25.0. The number of sulfonamides is 1. The van der Waals surface area contributed by atoms with Gasteiger partial charge in [0, 0.05) is 24.4 Å². The summed E-state index contributed by atoms with van der Waals surface area (Å²) in [4.78, 5) is 14.0. The van der Waals surface area contributed by atoms with Crippen LogP contribution >= 0.6 is 0 Å². The van der Waals surface area contributed by atoms with Gasteiger partial charge in [-0.05, 0) is 60.2 Å². The molecule has 1 fully saturated rings. The second-order valence-corrected chi connectivity index (χ2v) is 11.8. The van der Waals surface area contributed by atoms with E-state index in [1.165, 1.54) is 10.7 Å². The Kier molecular flexibility index (Phi) is 5.53. The van der Waals surface area contributed by atoms with E-state index in [0.717, 1.165) is 36.9 Å². The van der Waals surface area contributed by atoms with E-state index in [-0.39, 0.29) is 22.5 Å². The molecule has 1 N–H and O–H groups in total. The number of aromatic carboxylic acids is 1. The van der Waals surface area contributed by atoms with Crippen molar-refractivity contribution in [1.82, 2.24) is 4.31 Å². The van der Waals surface area contributed by atoms with Crippen molar-refractivity contribution in [3.63, 3.8) is 0 Å². The van der Waals surface area contributed by atoms with Crippen molar-refractivity contribution in [2.75, 3.05) is 11.9 Å². The van der Waals surface area contributed by atoms with Crippen molar-refractivity contribution in [2.45, 2.75) is 49.8 Å². The Balaban J connectivity index is 1.58. The van der Waals surface area contributed by atoms with E-state index in [2.05, 4.69) is 4.90 Å². The molecule has 0 unspecified atom stereocenters. The summed E-state index contributed by atoms with van der Waals surface area (Å²) in [6.07, 6.45) is 5.01. The zero-order valence-electron chi connectivity index (χ0n) is 20.1. The third kappa shape index (κ3) is 3.59. The number of benzene rings is 3. The molecule has 6 rings (SSSR count). The number of nitrogens with zero attached hydrogens (tertiary/aromatic N) is 2. The summed E-state index contributed by atoms with van der Waals surface area (Å²) < 4.78 is 35.6. The Morgan fingerprint density at radius 1 is 0.972 bits per heavy atom. The third-order valence-corrected chi connectivity index (χ3v) is 9.61. The summed E-state index contributed by atoms with van der Waals surface area (Å²) in [7, 11) is -2.12. The summed E-state index contributed by atoms with van der Waals surface area (Å²) in [6, 6.07) is 18.3. The van der Waals surface area contributed by atoms with Gasteiger partial charge < -0.3 is 14.7 Å². The zero-order valence-corrected chi connectivity index (χ0v) is 20.9. The molecule has 1 aliphatic carbocycles. The van der Waals surface area contributed by atoms with Crippen LogP contribution in [0.2, 0.25) is 0 Å². The number of hydrogen-bond donors (Lipinski definition) is 1. The van der Waals surface area contributed by atoms with Crippen LogP contribution in [0.25, 0.3) is 11.1 Å². The standard InChI is InChI=1S/C28H28N2O5S/c1-29-27(18-8-4-2-5-9-18)30(21-10-6-3-7-11-21)24-16-25-23(15-26(24)36(29,33)34)22-14-19(28(31)32)12-13-20(22)17-35-25/h3,6-7,10-16,18,27H,2,4-5,8-9,17H2,1H3,(H,31,32)/t27-/m0/s1. The average molecular weight is 505 g/mol. The van der Waals surface area contributed by atoms with E-state index in [1.807, 2.05) is 36.4 Å². The molecular weight excluding hydrogens is 476 g/mol. The maximum Gasteiger partial charge on any atom is 0.335 e. The summed E-state index contributed by atoms with van der Waals surface area (Å²) >= 11 is 0. The van der Waals surface area contributed by atoms with Gasteiger partial charge in [-0.3, -0.25) is 0 Å². The number of ether oxygens (including phenoxy) is 1. The first kappa shape index (κ1) is 23.1. The lowest BCUT2D eigenvalue weighted by molar-refractivity contribution is 0.0697. The van der Waals surface area contributed by atoms with Crippen LogP contribution in [0.5, 0.6) is 5.75 Å². The van der Waals surface area contributed by atoms with Gasteiger partial charge >= 0.3 is 5.97 Å². The number of hydrogen-bond acceptors (Lipinski definition) is 5. The highest BCUT2D eigenvalue weighted by molar-refractivity contribution is 7.89. The second kappa shape index (κ2) is 8.64. The lowest BCUT2D eigenvalue weighted by Crippen LogP contribution is -2.55. The van der Waals surface area contributed by atoms with E-state index in [1.54, 1.807) is 31.3 Å². The number of carboxylic acids is 1. The first-order valence-electron chi connectivity index (χ1n) is 12.4. The summed E-state index contributed by atoms with van der Waals surface area (Å²) in [5.41, 5.74) is 3.81. The summed E-state index contributed by atoms with van der Waals surface area (Å²) in [5.74, 6) is -0.253. The molecule has 3 aromatic rings. The molecule has 3 aliphatic rings. The Labute approximate surface area is 211 Å². The van der Waals surface area contributed by atoms with E-state index < -0.39 is 16.0 Å². The molecule has 0 bridgehead atoms. The molecule has 8 heteroatoms. The summed E-state index contributed by atoms with van der Waals surface area (Å²) in [5, 5.41) is 9.52. The molecule has 1 atom stereocenters. The van der Waals surface area contributed by atoms with Crippen molar-refractivity contribution in [1.29, 1.82) is 0 Å². The highest BCUT2D eigenvalue weighted by Gasteiger charge is 2.45. The van der Waals surface area contributed by atoms with Gasteiger partial charge in [-0.15, -0.1) is 0 Å². The fourth-order valence-electron chi connectivity index (χ4n) is 5.94. The molecule has 36 heavy (non-hydrogen) atoms. The Hall–Kier alpha value is -3.36. The van der Waals surface area contributed by atoms with Gasteiger partial charge in [0.1, 0.15) is 23.4 Å². The molecule has 1 saturated carbocycles. The van der Waals surface area contributed by atoms with E-state index in [4.69, 9.17) is 4.74 Å². The van der Waals surface area contributed by atoms with Crippen molar-refractivity contribution in [3.8, 4) is 16.9 Å². The predicted molar refractivity (Wildman–Crippen MR) is 137 cm³/mol. The van der Waals surface area contributed by atoms with Gasteiger partial charge in [0.05, 0.1) is 11.3 Å². The Morgan fingerprint density at radius 3 is 2.44 bits per heavy atom. The van der Waals surface area contributed by atoms with E-state index in [0.29, 0.717) is 29.2 Å². The van der Waals surface area contributed by atoms with E-state index >= 15 is 0 Å². The molecule has 3 aromatic carbocycles. The van der Waals surface area contributed by atoms with Crippen LogP contribution in [-0.2, 0) is 16.6 Å². The normalized spacial score (nSPS) is 21.1. The maximum absolute atomic E-state index is 14.0. The first-order valence-corrected chi connectivity index (χ1v) is 13.8. The second-order valence-electron chi connectivity index (χ2n) is 9.82. The van der Waals surface area contributed by atoms with Crippen LogP contribution in [0.3, 0.4) is 0 Å². The number of anilines is 2. The van der Waals surface area contributed by atoms with Crippen molar-refractivity contribution in [3.05, 3.63) is 71.8 Å². The van der Waals surface area contributed by atoms with Crippen LogP contribution in [-0.4, -0.2) is 37.0 Å². The molecule has 0 radical (unpaired) electrons. The Morgan fingerprint density at radius 2 is 1.72 bits per heavy atom. The summed E-state index contributed by atoms with van der Waals surface area (Å²) in [6.45, 7) is 0.297. The number of carbonyl (C=O) groups is 1. The minimum atomic E-state index is -3.80. The Bertz CT molecular complexity index is 1450. The number of carboxylic acid groups (broad SMARTS) is 1. The van der Waals surface area contributed by atoms with Crippen LogP contribution in [0.15, 0.2) is 65.6 Å². The SMILES string of the molecule is CN1[C@H](C2CCCCC2)N(c2ccccc2)c2cc3c(cc2S1(=O)=O)-c1cc(C(=O)O)ccc1CO3. The van der Waals surface area contributed by atoms with Gasteiger partial charge in [-0.1, -0.05) is 43.5 Å². The minimum absolute atomic E-state index is 0.155. The van der Waals surface area contributed by atoms with Crippen molar-refractivity contribution in [2.24, 2.45) is 5.92 Å². The van der Waals surface area contributed by atoms with Gasteiger partial charge in [0.15, 0.2) is 0 Å². The molecule has 0 spiro atoms. The monoisotopic (exact) mass is 504 g/mol. The molecule has 2 heterocycles. The average Bonchev–Trinajstić information content (AvgIpc) is 2.90. The van der Waals surface area contributed by atoms with Crippen molar-refractivity contribution < 1.29 is 23.1 Å². The third-order valence-electron chi connectivity index (χ3n) is 7.75.